The highest BCUT2D eigenvalue weighted by atomic mass is 32.2. The van der Waals surface area contributed by atoms with E-state index in [1.165, 1.54) is 11.1 Å². The maximum atomic E-state index is 14.1. The Hall–Kier alpha value is -3.17. The largest absolute Gasteiger partial charge is 0.449 e. The molecule has 55 heavy (non-hydrogen) atoms. The molecule has 0 saturated carbocycles. The zero-order valence-corrected chi connectivity index (χ0v) is 37.0. The Morgan fingerprint density at radius 3 is 1.35 bits per heavy atom. The number of carbonyl (C=O) groups is 2. The average molecular weight is 811 g/mol. The summed E-state index contributed by atoms with van der Waals surface area (Å²) in [7, 11) is -5.06. The van der Waals surface area contributed by atoms with Gasteiger partial charge in [0, 0.05) is 60.2 Å². The number of benzene rings is 4. The van der Waals surface area contributed by atoms with Gasteiger partial charge in [0.05, 0.1) is 0 Å². The van der Waals surface area contributed by atoms with Crippen molar-refractivity contribution in [1.29, 1.82) is 0 Å². The molecule has 11 heteroatoms. The molecular weight excluding hydrogens is 753 g/mol. The first-order valence-corrected chi connectivity index (χ1v) is 27.9. The SMILES string of the molecule is CSc1cc(C(=O)N2CCC(c3cccc(CN)c3)CC2)cc([Si](C)(C)O[Si](C)(C)c2cc(SC)cc(C(=O)N3CCC(c4cccc(CN)c4)CC3)c2)c1. The van der Waals surface area contributed by atoms with Crippen molar-refractivity contribution in [2.75, 3.05) is 38.7 Å². The van der Waals surface area contributed by atoms with Gasteiger partial charge in [0.15, 0.2) is 0 Å². The Kier molecular flexibility index (Phi) is 13.5. The van der Waals surface area contributed by atoms with Crippen LogP contribution in [-0.4, -0.2) is 76.9 Å². The van der Waals surface area contributed by atoms with Crippen LogP contribution in [0.2, 0.25) is 26.2 Å². The van der Waals surface area contributed by atoms with Gasteiger partial charge in [-0.1, -0.05) is 48.5 Å². The molecule has 0 unspecified atom stereocenters. The summed E-state index contributed by atoms with van der Waals surface area (Å²) < 4.78 is 7.31. The number of rotatable bonds is 12. The summed E-state index contributed by atoms with van der Waals surface area (Å²) in [5.74, 6) is 1.06. The molecule has 0 bridgehead atoms. The normalized spacial score (nSPS) is 16.1. The molecule has 4 N–H and O–H groups in total. The fraction of sp³-hybridized carbons (Fsp3) is 0.409. The van der Waals surface area contributed by atoms with Gasteiger partial charge >= 0.3 is 0 Å². The molecule has 0 aromatic heterocycles. The minimum atomic E-state index is -2.53. The van der Waals surface area contributed by atoms with E-state index in [2.05, 4.69) is 111 Å². The van der Waals surface area contributed by atoms with Crippen LogP contribution in [0.5, 0.6) is 0 Å². The lowest BCUT2D eigenvalue weighted by Gasteiger charge is -2.36. The number of nitrogens with zero attached hydrogens (tertiary/aromatic N) is 2. The highest BCUT2D eigenvalue weighted by Crippen LogP contribution is 2.32. The number of nitrogens with two attached hydrogens (primary N) is 2. The monoisotopic (exact) mass is 810 g/mol. The maximum absolute atomic E-state index is 14.1. The van der Waals surface area contributed by atoms with Crippen molar-refractivity contribution < 1.29 is 13.7 Å². The zero-order valence-electron chi connectivity index (χ0n) is 33.4. The van der Waals surface area contributed by atoms with E-state index in [1.54, 1.807) is 23.5 Å². The van der Waals surface area contributed by atoms with Crippen molar-refractivity contribution in [1.82, 2.24) is 9.80 Å². The van der Waals surface area contributed by atoms with E-state index in [0.717, 1.165) is 94.3 Å². The van der Waals surface area contributed by atoms with Crippen LogP contribution in [0.25, 0.3) is 0 Å². The highest BCUT2D eigenvalue weighted by Gasteiger charge is 2.38. The lowest BCUT2D eigenvalue weighted by Crippen LogP contribution is -2.58. The van der Waals surface area contributed by atoms with Crippen LogP contribution >= 0.6 is 23.5 Å². The van der Waals surface area contributed by atoms with E-state index >= 15 is 0 Å². The Morgan fingerprint density at radius 1 is 0.618 bits per heavy atom. The minimum Gasteiger partial charge on any atom is -0.449 e. The molecule has 2 amide bonds. The highest BCUT2D eigenvalue weighted by molar-refractivity contribution is 7.98. The van der Waals surface area contributed by atoms with Crippen molar-refractivity contribution >= 4 is 62.3 Å². The quantitative estimate of drug-likeness (QED) is 0.112. The summed E-state index contributed by atoms with van der Waals surface area (Å²) in [4.78, 5) is 34.3. The van der Waals surface area contributed by atoms with Gasteiger partial charge in [-0.2, -0.15) is 0 Å². The first-order valence-electron chi connectivity index (χ1n) is 19.6. The second-order valence-corrected chi connectivity index (χ2v) is 25.8. The number of amides is 2. The van der Waals surface area contributed by atoms with Gasteiger partial charge in [0.2, 0.25) is 16.6 Å². The second-order valence-electron chi connectivity index (χ2n) is 16.1. The summed E-state index contributed by atoms with van der Waals surface area (Å²) in [5.41, 5.74) is 18.2. The predicted octanol–water partition coefficient (Wildman–Crippen LogP) is 7.63. The first kappa shape index (κ1) is 41.5. The van der Waals surface area contributed by atoms with Crippen LogP contribution < -0.4 is 21.8 Å². The Morgan fingerprint density at radius 2 is 1.00 bits per heavy atom. The molecule has 0 radical (unpaired) electrons. The predicted molar refractivity (Wildman–Crippen MR) is 236 cm³/mol. The van der Waals surface area contributed by atoms with E-state index in [-0.39, 0.29) is 11.8 Å². The molecule has 2 saturated heterocycles. The summed E-state index contributed by atoms with van der Waals surface area (Å²) in [6, 6.07) is 29.9. The summed E-state index contributed by atoms with van der Waals surface area (Å²) >= 11 is 3.33. The van der Waals surface area contributed by atoms with Gasteiger partial charge in [-0.05, 0) is 145 Å². The van der Waals surface area contributed by atoms with E-state index in [9.17, 15) is 9.59 Å². The van der Waals surface area contributed by atoms with Crippen LogP contribution in [0.15, 0.2) is 94.7 Å². The van der Waals surface area contributed by atoms with Gasteiger partial charge < -0.3 is 25.4 Å². The zero-order chi connectivity index (χ0) is 39.3. The number of carbonyl (C=O) groups excluding carboxylic acids is 2. The molecule has 2 aliphatic heterocycles. The van der Waals surface area contributed by atoms with Gasteiger partial charge in [-0.3, -0.25) is 9.59 Å². The molecule has 7 nitrogen and oxygen atoms in total. The van der Waals surface area contributed by atoms with Crippen molar-refractivity contribution in [3.8, 4) is 0 Å². The number of hydrogen-bond donors (Lipinski definition) is 2. The van der Waals surface area contributed by atoms with Crippen LogP contribution in [0.3, 0.4) is 0 Å². The maximum Gasteiger partial charge on any atom is 0.253 e. The summed E-state index contributed by atoms with van der Waals surface area (Å²) in [6.45, 7) is 13.0. The molecule has 0 atom stereocenters. The van der Waals surface area contributed by atoms with E-state index < -0.39 is 16.6 Å². The molecule has 2 fully saturated rings. The summed E-state index contributed by atoms with van der Waals surface area (Å²) in [5, 5.41) is 2.24. The third kappa shape index (κ3) is 9.87. The smallest absolute Gasteiger partial charge is 0.253 e. The second kappa shape index (κ2) is 18.0. The number of thioether (sulfide) groups is 2. The molecule has 0 spiro atoms. The average Bonchev–Trinajstić information content (AvgIpc) is 3.22. The van der Waals surface area contributed by atoms with Crippen molar-refractivity contribution in [3.05, 3.63) is 118 Å². The molecule has 2 aliphatic rings. The molecular formula is C44H58N4O3S2Si2. The fourth-order valence-electron chi connectivity index (χ4n) is 8.28. The lowest BCUT2D eigenvalue weighted by molar-refractivity contribution is 0.0705. The number of piperidine rings is 2. The summed E-state index contributed by atoms with van der Waals surface area (Å²) in [6.07, 6.45) is 7.91. The number of hydrogen-bond acceptors (Lipinski definition) is 7. The van der Waals surface area contributed by atoms with Crippen LogP contribution in [0, 0.1) is 0 Å². The Balaban J connectivity index is 1.16. The molecule has 292 valence electrons. The van der Waals surface area contributed by atoms with Crippen molar-refractivity contribution in [2.45, 2.75) is 86.6 Å². The molecule has 2 heterocycles. The standard InChI is InChI=1S/C44H58N4O3S2Si2/c1-52-39-23-37(43(49)47-17-13-33(14-18-47)35-11-7-9-31(21-35)29-45)25-41(27-39)54(3,4)51-55(5,6)42-26-38(24-40(28-42)53-2)44(50)48-19-15-34(16-20-48)36-12-8-10-32(22-36)30-46/h7-12,21-28,33-34H,13-20,29-30,45-46H2,1-6H3. The Labute approximate surface area is 339 Å². The van der Waals surface area contributed by atoms with Gasteiger partial charge in [-0.25, -0.2) is 0 Å². The van der Waals surface area contributed by atoms with Gasteiger partial charge in [0.25, 0.3) is 11.8 Å². The van der Waals surface area contributed by atoms with Crippen LogP contribution in [0.1, 0.15) is 80.5 Å². The van der Waals surface area contributed by atoms with Gasteiger partial charge in [-0.15, -0.1) is 23.5 Å². The molecule has 6 rings (SSSR count). The van der Waals surface area contributed by atoms with Gasteiger partial charge in [0.1, 0.15) is 0 Å². The first-order chi connectivity index (χ1) is 26.3. The lowest BCUT2D eigenvalue weighted by atomic mass is 9.88. The van der Waals surface area contributed by atoms with Crippen molar-refractivity contribution in [2.24, 2.45) is 11.5 Å². The van der Waals surface area contributed by atoms with E-state index in [0.29, 0.717) is 24.9 Å². The molecule has 0 aliphatic carbocycles. The van der Waals surface area contributed by atoms with E-state index in [1.807, 2.05) is 21.9 Å². The third-order valence-corrected chi connectivity index (χ3v) is 20.4. The molecule has 4 aromatic rings. The Bertz CT molecular complexity index is 1850. The minimum absolute atomic E-state index is 0.0940. The fourth-order valence-corrected chi connectivity index (χ4v) is 17.5. The number of likely N-dealkylation sites (tertiary alicyclic amines) is 2. The molecule has 4 aromatic carbocycles. The topological polar surface area (TPSA) is 102 Å². The van der Waals surface area contributed by atoms with E-state index in [4.69, 9.17) is 15.6 Å². The van der Waals surface area contributed by atoms with Crippen LogP contribution in [-0.2, 0) is 17.2 Å². The van der Waals surface area contributed by atoms with Crippen molar-refractivity contribution in [3.63, 3.8) is 0 Å². The van der Waals surface area contributed by atoms with Crippen LogP contribution in [0.4, 0.5) is 0 Å². The third-order valence-electron chi connectivity index (χ3n) is 11.6.